The van der Waals surface area contributed by atoms with Crippen molar-refractivity contribution in [1.82, 2.24) is 0 Å². The Labute approximate surface area is 77.0 Å². The van der Waals surface area contributed by atoms with E-state index in [1.807, 2.05) is 13.0 Å². The number of nitrogens with two attached hydrogens (primary N) is 1. The number of aliphatic hydroxyl groups is 1. The minimum atomic E-state index is 0.114. The zero-order valence-corrected chi connectivity index (χ0v) is 7.67. The van der Waals surface area contributed by atoms with Crippen LogP contribution in [0.15, 0.2) is 18.2 Å². The number of anilines is 1. The third-order valence-electron chi connectivity index (χ3n) is 1.87. The van der Waals surface area contributed by atoms with Crippen LogP contribution in [0, 0.1) is 0 Å². The summed E-state index contributed by atoms with van der Waals surface area (Å²) in [5, 5.41) is 9.42. The Morgan fingerprint density at radius 1 is 1.58 bits per heavy atom. The smallest absolute Gasteiger partial charge is 0.0638 e. The van der Waals surface area contributed by atoms with E-state index < -0.39 is 0 Å². The zero-order chi connectivity index (χ0) is 9.14. The van der Waals surface area contributed by atoms with Gasteiger partial charge in [0.05, 0.1) is 10.7 Å². The highest BCUT2D eigenvalue weighted by Gasteiger charge is 2.05. The molecule has 0 saturated carbocycles. The van der Waals surface area contributed by atoms with Crippen molar-refractivity contribution < 1.29 is 5.11 Å². The zero-order valence-electron chi connectivity index (χ0n) is 6.92. The van der Waals surface area contributed by atoms with Gasteiger partial charge in [0.15, 0.2) is 0 Å². The molecule has 3 heteroatoms. The second-order valence-electron chi connectivity index (χ2n) is 2.86. The Bertz CT molecular complexity index is 275. The van der Waals surface area contributed by atoms with Crippen molar-refractivity contribution in [2.24, 2.45) is 0 Å². The van der Waals surface area contributed by atoms with Crippen molar-refractivity contribution in [3.05, 3.63) is 28.8 Å². The van der Waals surface area contributed by atoms with E-state index in [0.29, 0.717) is 10.7 Å². The SMILES string of the molecule is CC(CO)c1ccc(N)c(Cl)c1. The first-order chi connectivity index (χ1) is 5.65. The van der Waals surface area contributed by atoms with E-state index in [9.17, 15) is 0 Å². The molecule has 12 heavy (non-hydrogen) atoms. The molecule has 0 aliphatic carbocycles. The summed E-state index contributed by atoms with van der Waals surface area (Å²) in [6.45, 7) is 2.06. The average molecular weight is 186 g/mol. The third-order valence-corrected chi connectivity index (χ3v) is 2.19. The van der Waals surface area contributed by atoms with Gasteiger partial charge in [0.25, 0.3) is 0 Å². The van der Waals surface area contributed by atoms with E-state index in [-0.39, 0.29) is 12.5 Å². The van der Waals surface area contributed by atoms with E-state index in [2.05, 4.69) is 0 Å². The van der Waals surface area contributed by atoms with E-state index in [1.165, 1.54) is 0 Å². The summed E-state index contributed by atoms with van der Waals surface area (Å²) >= 11 is 5.81. The van der Waals surface area contributed by atoms with Crippen LogP contribution in [-0.2, 0) is 0 Å². The fraction of sp³-hybridized carbons (Fsp3) is 0.333. The molecule has 0 bridgehead atoms. The van der Waals surface area contributed by atoms with Gasteiger partial charge < -0.3 is 10.8 Å². The third kappa shape index (κ3) is 1.90. The van der Waals surface area contributed by atoms with Crippen molar-refractivity contribution >= 4 is 17.3 Å². The van der Waals surface area contributed by atoms with E-state index in [0.717, 1.165) is 5.56 Å². The average Bonchev–Trinajstić information content (AvgIpc) is 2.08. The highest BCUT2D eigenvalue weighted by Crippen LogP contribution is 2.23. The molecule has 2 nitrogen and oxygen atoms in total. The molecule has 66 valence electrons. The molecule has 1 aromatic rings. The molecule has 1 atom stereocenters. The van der Waals surface area contributed by atoms with Crippen molar-refractivity contribution in [3.63, 3.8) is 0 Å². The molecule has 0 aliphatic rings. The quantitative estimate of drug-likeness (QED) is 0.693. The number of nitrogen functional groups attached to an aromatic ring is 1. The molecule has 1 rings (SSSR count). The summed E-state index contributed by atoms with van der Waals surface area (Å²) < 4.78 is 0. The molecule has 0 fully saturated rings. The number of benzene rings is 1. The summed E-state index contributed by atoms with van der Waals surface area (Å²) in [6.07, 6.45) is 0. The molecule has 0 radical (unpaired) electrons. The molecule has 0 aliphatic heterocycles. The second-order valence-corrected chi connectivity index (χ2v) is 3.27. The van der Waals surface area contributed by atoms with Gasteiger partial charge in [-0.05, 0) is 17.7 Å². The van der Waals surface area contributed by atoms with Crippen molar-refractivity contribution in [2.75, 3.05) is 12.3 Å². The monoisotopic (exact) mass is 185 g/mol. The molecular formula is C9H12ClNO. The highest BCUT2D eigenvalue weighted by atomic mass is 35.5. The maximum atomic E-state index is 8.87. The van der Waals surface area contributed by atoms with Gasteiger partial charge in [-0.15, -0.1) is 0 Å². The van der Waals surface area contributed by atoms with Gasteiger partial charge in [-0.2, -0.15) is 0 Å². The van der Waals surface area contributed by atoms with Crippen LogP contribution in [0.1, 0.15) is 18.4 Å². The standard InChI is InChI=1S/C9H12ClNO/c1-6(5-12)7-2-3-9(11)8(10)4-7/h2-4,6,12H,5,11H2,1H3. The van der Waals surface area contributed by atoms with Crippen molar-refractivity contribution in [1.29, 1.82) is 0 Å². The summed E-state index contributed by atoms with van der Waals surface area (Å²) in [6, 6.07) is 5.42. The van der Waals surface area contributed by atoms with E-state index in [4.69, 9.17) is 22.4 Å². The van der Waals surface area contributed by atoms with Crippen LogP contribution in [0.4, 0.5) is 5.69 Å². The lowest BCUT2D eigenvalue weighted by atomic mass is 10.0. The molecule has 0 spiro atoms. The normalized spacial score (nSPS) is 12.9. The summed E-state index contributed by atoms with van der Waals surface area (Å²) in [5.41, 5.74) is 7.12. The van der Waals surface area contributed by atoms with Gasteiger partial charge >= 0.3 is 0 Å². The van der Waals surface area contributed by atoms with Gasteiger partial charge in [-0.1, -0.05) is 24.6 Å². The Balaban J connectivity index is 2.96. The Morgan fingerprint density at radius 3 is 2.75 bits per heavy atom. The molecule has 0 saturated heterocycles. The van der Waals surface area contributed by atoms with Crippen LogP contribution in [0.25, 0.3) is 0 Å². The van der Waals surface area contributed by atoms with Crippen LogP contribution in [0.3, 0.4) is 0 Å². The largest absolute Gasteiger partial charge is 0.398 e. The van der Waals surface area contributed by atoms with Gasteiger partial charge in [0, 0.05) is 12.5 Å². The Morgan fingerprint density at radius 2 is 2.25 bits per heavy atom. The fourth-order valence-electron chi connectivity index (χ4n) is 0.955. The summed E-state index contributed by atoms with van der Waals surface area (Å²) in [7, 11) is 0. The maximum absolute atomic E-state index is 8.87. The van der Waals surface area contributed by atoms with Crippen LogP contribution < -0.4 is 5.73 Å². The molecule has 1 unspecified atom stereocenters. The summed E-state index contributed by atoms with van der Waals surface area (Å²) in [5.74, 6) is 0.114. The minimum absolute atomic E-state index is 0.114. The second kappa shape index (κ2) is 3.78. The maximum Gasteiger partial charge on any atom is 0.0638 e. The fourth-order valence-corrected chi connectivity index (χ4v) is 1.14. The van der Waals surface area contributed by atoms with Crippen LogP contribution in [0.2, 0.25) is 5.02 Å². The van der Waals surface area contributed by atoms with Crippen LogP contribution in [-0.4, -0.2) is 11.7 Å². The number of hydrogen-bond acceptors (Lipinski definition) is 2. The molecule has 0 heterocycles. The highest BCUT2D eigenvalue weighted by molar-refractivity contribution is 6.33. The van der Waals surface area contributed by atoms with E-state index in [1.54, 1.807) is 12.1 Å². The number of hydrogen-bond donors (Lipinski definition) is 2. The molecule has 0 amide bonds. The number of aliphatic hydroxyl groups excluding tert-OH is 1. The van der Waals surface area contributed by atoms with Gasteiger partial charge in [0.1, 0.15) is 0 Å². The minimum Gasteiger partial charge on any atom is -0.398 e. The first-order valence-corrected chi connectivity index (χ1v) is 4.18. The van der Waals surface area contributed by atoms with E-state index >= 15 is 0 Å². The lowest BCUT2D eigenvalue weighted by Crippen LogP contribution is -1.99. The molecule has 0 aromatic heterocycles. The van der Waals surface area contributed by atoms with Gasteiger partial charge in [-0.25, -0.2) is 0 Å². The number of rotatable bonds is 2. The molecule has 3 N–H and O–H groups in total. The summed E-state index contributed by atoms with van der Waals surface area (Å²) in [4.78, 5) is 0. The predicted molar refractivity (Wildman–Crippen MR) is 51.4 cm³/mol. The van der Waals surface area contributed by atoms with Crippen LogP contribution >= 0.6 is 11.6 Å². The van der Waals surface area contributed by atoms with Gasteiger partial charge in [-0.3, -0.25) is 0 Å². The first-order valence-electron chi connectivity index (χ1n) is 3.81. The molecular weight excluding hydrogens is 174 g/mol. The lowest BCUT2D eigenvalue weighted by molar-refractivity contribution is 0.273. The topological polar surface area (TPSA) is 46.2 Å². The predicted octanol–water partition coefficient (Wildman–Crippen LogP) is 2.02. The Hall–Kier alpha value is -0.730. The van der Waals surface area contributed by atoms with Gasteiger partial charge in [0.2, 0.25) is 0 Å². The molecule has 1 aromatic carbocycles. The lowest BCUT2D eigenvalue weighted by Gasteiger charge is -2.08. The van der Waals surface area contributed by atoms with Crippen molar-refractivity contribution in [2.45, 2.75) is 12.8 Å². The number of halogens is 1. The first kappa shape index (κ1) is 9.36. The van der Waals surface area contributed by atoms with Crippen LogP contribution in [0.5, 0.6) is 0 Å². The Kier molecular flexibility index (Phi) is 2.95. The van der Waals surface area contributed by atoms with Crippen molar-refractivity contribution in [3.8, 4) is 0 Å².